The van der Waals surface area contributed by atoms with Crippen LogP contribution in [0.15, 0.2) is 84.0 Å². The summed E-state index contributed by atoms with van der Waals surface area (Å²) in [7, 11) is 0. The normalized spacial score (nSPS) is 24.2. The van der Waals surface area contributed by atoms with Crippen molar-refractivity contribution in [2.24, 2.45) is 16.9 Å². The third kappa shape index (κ3) is 3.01. The van der Waals surface area contributed by atoms with Crippen LogP contribution in [-0.2, 0) is 9.59 Å². The zero-order valence-corrected chi connectivity index (χ0v) is 18.2. The summed E-state index contributed by atoms with van der Waals surface area (Å²) in [6.45, 7) is 0. The molecule has 2 saturated heterocycles. The number of ketones is 1. The molecule has 9 nitrogen and oxygen atoms in total. The van der Waals surface area contributed by atoms with E-state index in [9.17, 15) is 24.5 Å². The predicted molar refractivity (Wildman–Crippen MR) is 126 cm³/mol. The Labute approximate surface area is 199 Å². The van der Waals surface area contributed by atoms with Gasteiger partial charge in [0, 0.05) is 17.7 Å². The summed E-state index contributed by atoms with van der Waals surface area (Å²) in [5, 5.41) is 17.4. The van der Waals surface area contributed by atoms with E-state index < -0.39 is 40.7 Å². The average molecular weight is 466 g/mol. The molecule has 0 aliphatic carbocycles. The van der Waals surface area contributed by atoms with E-state index in [1.165, 1.54) is 24.3 Å². The molecule has 2 amide bonds. The number of hydrazone groups is 1. The Morgan fingerprint density at radius 1 is 0.886 bits per heavy atom. The maximum atomic E-state index is 13.8. The lowest BCUT2D eigenvalue weighted by molar-refractivity contribution is -0.384. The molecule has 172 valence electrons. The molecule has 0 radical (unpaired) electrons. The second kappa shape index (κ2) is 7.69. The van der Waals surface area contributed by atoms with E-state index >= 15 is 0 Å². The summed E-state index contributed by atoms with van der Waals surface area (Å²) in [4.78, 5) is 53.0. The summed E-state index contributed by atoms with van der Waals surface area (Å²) in [6.07, 6.45) is 1.64. The number of carbonyl (C=O) groups excluding carboxylic acids is 3. The highest BCUT2D eigenvalue weighted by Crippen LogP contribution is 2.53. The van der Waals surface area contributed by atoms with Gasteiger partial charge in [-0.2, -0.15) is 5.10 Å². The Morgan fingerprint density at radius 3 is 2.37 bits per heavy atom. The van der Waals surface area contributed by atoms with Crippen LogP contribution in [0.5, 0.6) is 0 Å². The van der Waals surface area contributed by atoms with Crippen molar-refractivity contribution in [2.45, 2.75) is 12.1 Å². The summed E-state index contributed by atoms with van der Waals surface area (Å²) in [6, 6.07) is 19.9. The number of nitro benzene ring substituents is 1. The van der Waals surface area contributed by atoms with Gasteiger partial charge in [-0.1, -0.05) is 60.7 Å². The summed E-state index contributed by atoms with van der Waals surface area (Å²) < 4.78 is 0. The maximum absolute atomic E-state index is 13.8. The number of hydrogen-bond donors (Lipinski definition) is 0. The number of fused-ring (bicyclic) bond motifs is 5. The van der Waals surface area contributed by atoms with Crippen molar-refractivity contribution in [1.29, 1.82) is 0 Å². The number of hydrogen-bond acceptors (Lipinski definition) is 7. The van der Waals surface area contributed by atoms with Gasteiger partial charge in [0.15, 0.2) is 5.78 Å². The van der Waals surface area contributed by atoms with Crippen LogP contribution in [0.1, 0.15) is 27.5 Å². The Hall–Kier alpha value is -4.66. The number of rotatable bonds is 4. The van der Waals surface area contributed by atoms with Crippen molar-refractivity contribution in [3.05, 3.63) is 106 Å². The maximum Gasteiger partial charge on any atom is 0.271 e. The molecule has 4 atom stereocenters. The zero-order chi connectivity index (χ0) is 24.3. The van der Waals surface area contributed by atoms with Gasteiger partial charge in [0.2, 0.25) is 11.8 Å². The van der Waals surface area contributed by atoms with Crippen LogP contribution >= 0.6 is 0 Å². The van der Waals surface area contributed by atoms with Gasteiger partial charge in [-0.15, -0.1) is 0 Å². The fourth-order valence-corrected chi connectivity index (χ4v) is 5.44. The molecular weight excluding hydrogens is 448 g/mol. The number of non-ortho nitro benzene ring substituents is 1. The molecule has 2 fully saturated rings. The van der Waals surface area contributed by atoms with E-state index in [0.717, 1.165) is 16.0 Å². The van der Waals surface area contributed by atoms with Crippen molar-refractivity contribution < 1.29 is 19.3 Å². The highest BCUT2D eigenvalue weighted by atomic mass is 16.6. The summed E-state index contributed by atoms with van der Waals surface area (Å²) in [5.74, 6) is -3.20. The third-order valence-electron chi connectivity index (χ3n) is 6.92. The van der Waals surface area contributed by atoms with E-state index in [0.29, 0.717) is 5.56 Å². The topological polar surface area (TPSA) is 113 Å². The molecule has 9 heteroatoms. The van der Waals surface area contributed by atoms with Crippen LogP contribution in [0.2, 0.25) is 0 Å². The van der Waals surface area contributed by atoms with E-state index in [1.807, 2.05) is 24.3 Å². The quantitative estimate of drug-likeness (QED) is 0.252. The molecule has 0 spiro atoms. The first kappa shape index (κ1) is 20.9. The Balaban J connectivity index is 1.50. The highest BCUT2D eigenvalue weighted by molar-refractivity contribution is 6.24. The van der Waals surface area contributed by atoms with Gasteiger partial charge in [0.05, 0.1) is 34.7 Å². The predicted octanol–water partition coefficient (Wildman–Crippen LogP) is 3.36. The van der Waals surface area contributed by atoms with Gasteiger partial charge in [-0.3, -0.25) is 29.5 Å². The molecule has 0 aromatic heterocycles. The zero-order valence-electron chi connectivity index (χ0n) is 18.2. The van der Waals surface area contributed by atoms with Gasteiger partial charge in [-0.25, -0.2) is 4.90 Å². The number of imide groups is 1. The molecule has 3 heterocycles. The van der Waals surface area contributed by atoms with E-state index in [-0.39, 0.29) is 17.2 Å². The fraction of sp³-hybridized carbons (Fsp3) is 0.154. The number of anilines is 1. The summed E-state index contributed by atoms with van der Waals surface area (Å²) >= 11 is 0. The van der Waals surface area contributed by atoms with Crippen molar-refractivity contribution >= 4 is 35.2 Å². The molecule has 35 heavy (non-hydrogen) atoms. The van der Waals surface area contributed by atoms with Crippen LogP contribution in [0.25, 0.3) is 0 Å². The van der Waals surface area contributed by atoms with Crippen molar-refractivity contribution in [2.75, 3.05) is 4.90 Å². The van der Waals surface area contributed by atoms with Gasteiger partial charge in [0.25, 0.3) is 5.69 Å². The van der Waals surface area contributed by atoms with Crippen molar-refractivity contribution in [1.82, 2.24) is 5.01 Å². The highest BCUT2D eigenvalue weighted by Gasteiger charge is 2.65. The lowest BCUT2D eigenvalue weighted by Gasteiger charge is -2.33. The lowest BCUT2D eigenvalue weighted by atomic mass is 9.83. The van der Waals surface area contributed by atoms with Gasteiger partial charge < -0.3 is 0 Å². The number of nitrogens with zero attached hydrogens (tertiary/aromatic N) is 4. The average Bonchev–Trinajstić information content (AvgIpc) is 3.36. The van der Waals surface area contributed by atoms with Gasteiger partial charge in [0.1, 0.15) is 6.04 Å². The number of Topliss-reactive ketones (excluding diaryl/α,β-unsaturated/α-hetero) is 1. The van der Waals surface area contributed by atoms with E-state index in [2.05, 4.69) is 5.10 Å². The fourth-order valence-electron chi connectivity index (χ4n) is 5.44. The van der Waals surface area contributed by atoms with Crippen molar-refractivity contribution in [3.63, 3.8) is 0 Å². The van der Waals surface area contributed by atoms with Crippen molar-refractivity contribution in [3.8, 4) is 0 Å². The van der Waals surface area contributed by atoms with Crippen LogP contribution in [-0.4, -0.2) is 39.8 Å². The Kier molecular flexibility index (Phi) is 4.60. The van der Waals surface area contributed by atoms with Crippen LogP contribution in [0.4, 0.5) is 11.4 Å². The van der Waals surface area contributed by atoms with E-state index in [4.69, 9.17) is 0 Å². The number of carbonyl (C=O) groups is 3. The summed E-state index contributed by atoms with van der Waals surface area (Å²) in [5.41, 5.74) is 1.93. The lowest BCUT2D eigenvalue weighted by Crippen LogP contribution is -2.44. The Morgan fingerprint density at radius 2 is 1.60 bits per heavy atom. The largest absolute Gasteiger partial charge is 0.292 e. The SMILES string of the molecule is O=C(c1ccccc1)C1C2C(=O)N(c3cccc([N+](=O)[O-])c3)C(=O)C2C2c3ccccc3C=NN12. The molecule has 4 unspecified atom stereocenters. The molecule has 0 saturated carbocycles. The second-order valence-corrected chi connectivity index (χ2v) is 8.71. The minimum absolute atomic E-state index is 0.119. The smallest absolute Gasteiger partial charge is 0.271 e. The minimum Gasteiger partial charge on any atom is -0.292 e. The van der Waals surface area contributed by atoms with E-state index in [1.54, 1.807) is 41.6 Å². The number of benzene rings is 3. The molecule has 0 bridgehead atoms. The first-order valence-corrected chi connectivity index (χ1v) is 11.1. The molecule has 0 N–H and O–H groups in total. The minimum atomic E-state index is -0.989. The Bertz CT molecular complexity index is 1440. The first-order valence-electron chi connectivity index (χ1n) is 11.1. The van der Waals surface area contributed by atoms with Gasteiger partial charge >= 0.3 is 0 Å². The standard InChI is InChI=1S/C26H18N4O5/c31-24(15-7-2-1-3-8-15)23-21-20(22-19-12-5-4-9-16(19)14-27-29(22)23)25(32)28(26(21)33)17-10-6-11-18(13-17)30(34)35/h1-14,20-23H. The van der Waals surface area contributed by atoms with Crippen LogP contribution in [0, 0.1) is 22.0 Å². The third-order valence-corrected chi connectivity index (χ3v) is 6.92. The first-order chi connectivity index (χ1) is 17.0. The molecular formula is C26H18N4O5. The molecule has 6 rings (SSSR count). The molecule has 3 aliphatic rings. The van der Waals surface area contributed by atoms with Crippen LogP contribution in [0.3, 0.4) is 0 Å². The number of amides is 2. The van der Waals surface area contributed by atoms with Gasteiger partial charge in [-0.05, 0) is 17.2 Å². The van der Waals surface area contributed by atoms with Crippen LogP contribution < -0.4 is 4.90 Å². The molecule has 3 aromatic rings. The molecule has 3 aliphatic heterocycles. The monoisotopic (exact) mass is 466 g/mol. The molecule has 3 aromatic carbocycles. The second-order valence-electron chi connectivity index (χ2n) is 8.71. The number of nitro groups is 1.